The Morgan fingerprint density at radius 2 is 1.78 bits per heavy atom. The minimum Gasteiger partial charge on any atom is -0.383 e. The fourth-order valence-electron chi connectivity index (χ4n) is 4.15. The van der Waals surface area contributed by atoms with E-state index in [0.717, 1.165) is 58.4 Å². The molecular formula is C27H28ClN7OS. The molecule has 4 aromatic rings. The lowest BCUT2D eigenvalue weighted by Crippen LogP contribution is -2.37. The van der Waals surface area contributed by atoms with Crippen LogP contribution >= 0.6 is 23.4 Å². The molecular weight excluding hydrogens is 506 g/mol. The Balaban J connectivity index is 1.17. The number of nitrogens with one attached hydrogen (secondary N) is 3. The van der Waals surface area contributed by atoms with Gasteiger partial charge in [0.1, 0.15) is 5.82 Å². The first-order valence-electron chi connectivity index (χ1n) is 12.2. The number of nitrogens with zero attached hydrogens (tertiary/aromatic N) is 4. The van der Waals surface area contributed by atoms with Crippen LogP contribution in [0.4, 0.5) is 23.1 Å². The molecule has 1 amide bonds. The molecule has 3 heterocycles. The molecule has 0 unspecified atom stereocenters. The molecule has 1 aliphatic rings. The van der Waals surface area contributed by atoms with E-state index in [9.17, 15) is 4.79 Å². The maximum Gasteiger partial charge on any atom is 0.253 e. The van der Waals surface area contributed by atoms with Gasteiger partial charge in [-0.3, -0.25) is 9.78 Å². The van der Waals surface area contributed by atoms with E-state index in [1.54, 1.807) is 6.20 Å². The number of rotatable bonds is 8. The third kappa shape index (κ3) is 6.42. The van der Waals surface area contributed by atoms with Crippen LogP contribution in [0.3, 0.4) is 0 Å². The van der Waals surface area contributed by atoms with Gasteiger partial charge in [0, 0.05) is 83.0 Å². The summed E-state index contributed by atoms with van der Waals surface area (Å²) in [6.45, 7) is 4.90. The molecule has 10 heteroatoms. The molecule has 0 spiro atoms. The van der Waals surface area contributed by atoms with Gasteiger partial charge in [0.2, 0.25) is 5.95 Å². The SMILES string of the molecule is Cc1cc(NCCNc2ccnc3cc(Cl)ccc23)nc(Nc2ccc(C(=O)N3CCSCC3)cc2)n1. The maximum atomic E-state index is 12.7. The van der Waals surface area contributed by atoms with Gasteiger partial charge in [0.25, 0.3) is 5.91 Å². The number of amides is 1. The molecule has 190 valence electrons. The van der Waals surface area contributed by atoms with Crippen molar-refractivity contribution in [1.29, 1.82) is 0 Å². The number of benzene rings is 2. The van der Waals surface area contributed by atoms with Gasteiger partial charge in [-0.25, -0.2) is 4.98 Å². The minimum atomic E-state index is 0.0855. The molecule has 3 N–H and O–H groups in total. The van der Waals surface area contributed by atoms with Crippen molar-refractivity contribution in [3.8, 4) is 0 Å². The Morgan fingerprint density at radius 3 is 2.59 bits per heavy atom. The highest BCUT2D eigenvalue weighted by molar-refractivity contribution is 7.99. The highest BCUT2D eigenvalue weighted by atomic mass is 35.5. The largest absolute Gasteiger partial charge is 0.383 e. The maximum absolute atomic E-state index is 12.7. The summed E-state index contributed by atoms with van der Waals surface area (Å²) in [6.07, 6.45) is 1.77. The van der Waals surface area contributed by atoms with Crippen LogP contribution in [0.25, 0.3) is 10.9 Å². The van der Waals surface area contributed by atoms with Gasteiger partial charge in [-0.1, -0.05) is 11.6 Å². The van der Waals surface area contributed by atoms with E-state index < -0.39 is 0 Å². The summed E-state index contributed by atoms with van der Waals surface area (Å²) in [5.74, 6) is 3.32. The van der Waals surface area contributed by atoms with Gasteiger partial charge in [0.15, 0.2) is 0 Å². The van der Waals surface area contributed by atoms with Crippen LogP contribution in [-0.4, -0.2) is 63.4 Å². The average molecular weight is 534 g/mol. The molecule has 1 aliphatic heterocycles. The number of aryl methyl sites for hydroxylation is 1. The van der Waals surface area contributed by atoms with Crippen molar-refractivity contribution in [3.05, 3.63) is 77.1 Å². The van der Waals surface area contributed by atoms with Crippen LogP contribution in [0.5, 0.6) is 0 Å². The van der Waals surface area contributed by atoms with Crippen molar-refractivity contribution in [3.63, 3.8) is 0 Å². The summed E-state index contributed by atoms with van der Waals surface area (Å²) >= 11 is 7.98. The molecule has 0 bridgehead atoms. The smallest absolute Gasteiger partial charge is 0.253 e. The van der Waals surface area contributed by atoms with Gasteiger partial charge in [-0.05, 0) is 55.5 Å². The predicted molar refractivity (Wildman–Crippen MR) is 153 cm³/mol. The summed E-state index contributed by atoms with van der Waals surface area (Å²) in [7, 11) is 0. The summed E-state index contributed by atoms with van der Waals surface area (Å²) in [5.41, 5.74) is 4.23. The van der Waals surface area contributed by atoms with E-state index in [0.29, 0.717) is 29.6 Å². The Hall–Kier alpha value is -3.56. The third-order valence-electron chi connectivity index (χ3n) is 5.99. The second-order valence-corrected chi connectivity index (χ2v) is 10.4. The van der Waals surface area contributed by atoms with Crippen LogP contribution < -0.4 is 16.0 Å². The summed E-state index contributed by atoms with van der Waals surface area (Å²) in [6, 6.07) is 17.0. The first-order valence-corrected chi connectivity index (χ1v) is 13.7. The molecule has 0 radical (unpaired) electrons. The molecule has 2 aromatic heterocycles. The molecule has 5 rings (SSSR count). The average Bonchev–Trinajstić information content (AvgIpc) is 2.91. The first kappa shape index (κ1) is 25.1. The fraction of sp³-hybridized carbons (Fsp3) is 0.259. The van der Waals surface area contributed by atoms with Crippen LogP contribution in [0, 0.1) is 6.92 Å². The Kier molecular flexibility index (Phi) is 7.91. The topological polar surface area (TPSA) is 95.1 Å². The van der Waals surface area contributed by atoms with E-state index in [1.807, 2.05) is 78.2 Å². The number of anilines is 4. The zero-order chi connectivity index (χ0) is 25.6. The Morgan fingerprint density at radius 1 is 1.00 bits per heavy atom. The quantitative estimate of drug-likeness (QED) is 0.258. The van der Waals surface area contributed by atoms with Crippen molar-refractivity contribution >= 4 is 63.3 Å². The van der Waals surface area contributed by atoms with E-state index in [1.165, 1.54) is 0 Å². The lowest BCUT2D eigenvalue weighted by molar-refractivity contribution is 0.0772. The van der Waals surface area contributed by atoms with Crippen LogP contribution in [0.15, 0.2) is 60.8 Å². The zero-order valence-corrected chi connectivity index (χ0v) is 22.1. The summed E-state index contributed by atoms with van der Waals surface area (Å²) in [5, 5.41) is 11.7. The van der Waals surface area contributed by atoms with Crippen molar-refractivity contribution in [2.75, 3.05) is 53.6 Å². The number of carbonyl (C=O) groups excluding carboxylic acids is 1. The molecule has 8 nitrogen and oxygen atoms in total. The first-order chi connectivity index (χ1) is 18.0. The molecule has 0 aliphatic carbocycles. The standard InChI is InChI=1S/C27H28ClN7OS/c1-18-16-25(31-11-10-30-23-8-9-29-24-17-20(28)4-7-22(23)24)34-27(32-18)33-21-5-2-19(3-6-21)26(36)35-12-14-37-15-13-35/h2-9,16-17H,10-15H2,1H3,(H,29,30)(H2,31,32,33,34). The second-order valence-electron chi connectivity index (χ2n) is 8.70. The summed E-state index contributed by atoms with van der Waals surface area (Å²) in [4.78, 5) is 28.1. The third-order valence-corrected chi connectivity index (χ3v) is 7.17. The number of halogens is 1. The molecule has 0 atom stereocenters. The number of fused-ring (bicyclic) bond motifs is 1. The number of thioether (sulfide) groups is 1. The monoisotopic (exact) mass is 533 g/mol. The molecule has 37 heavy (non-hydrogen) atoms. The lowest BCUT2D eigenvalue weighted by atomic mass is 10.2. The van der Waals surface area contributed by atoms with Gasteiger partial charge < -0.3 is 20.9 Å². The number of hydrogen-bond donors (Lipinski definition) is 3. The molecule has 1 saturated heterocycles. The van der Waals surface area contributed by atoms with Crippen molar-refractivity contribution < 1.29 is 4.79 Å². The van der Waals surface area contributed by atoms with Gasteiger partial charge in [-0.2, -0.15) is 16.7 Å². The van der Waals surface area contributed by atoms with Crippen molar-refractivity contribution in [1.82, 2.24) is 19.9 Å². The van der Waals surface area contributed by atoms with Gasteiger partial charge in [-0.15, -0.1) is 0 Å². The van der Waals surface area contributed by atoms with E-state index in [2.05, 4.69) is 30.9 Å². The Bertz CT molecular complexity index is 1390. The highest BCUT2D eigenvalue weighted by Crippen LogP contribution is 2.24. The van der Waals surface area contributed by atoms with E-state index in [-0.39, 0.29) is 5.91 Å². The van der Waals surface area contributed by atoms with Crippen molar-refractivity contribution in [2.45, 2.75) is 6.92 Å². The zero-order valence-electron chi connectivity index (χ0n) is 20.5. The lowest BCUT2D eigenvalue weighted by Gasteiger charge is -2.26. The highest BCUT2D eigenvalue weighted by Gasteiger charge is 2.18. The van der Waals surface area contributed by atoms with Gasteiger partial charge in [0.05, 0.1) is 5.52 Å². The van der Waals surface area contributed by atoms with Crippen LogP contribution in [0.2, 0.25) is 5.02 Å². The number of hydrogen-bond acceptors (Lipinski definition) is 8. The van der Waals surface area contributed by atoms with Crippen LogP contribution in [-0.2, 0) is 0 Å². The minimum absolute atomic E-state index is 0.0855. The fourth-order valence-corrected chi connectivity index (χ4v) is 5.22. The molecule has 1 fully saturated rings. The van der Waals surface area contributed by atoms with Crippen LogP contribution in [0.1, 0.15) is 16.1 Å². The number of aromatic nitrogens is 3. The number of pyridine rings is 1. The summed E-state index contributed by atoms with van der Waals surface area (Å²) < 4.78 is 0. The molecule has 0 saturated carbocycles. The second kappa shape index (κ2) is 11.7. The predicted octanol–water partition coefficient (Wildman–Crippen LogP) is 5.44. The van der Waals surface area contributed by atoms with Crippen molar-refractivity contribution in [2.24, 2.45) is 0 Å². The van der Waals surface area contributed by atoms with Gasteiger partial charge >= 0.3 is 0 Å². The van der Waals surface area contributed by atoms with E-state index >= 15 is 0 Å². The number of carbonyl (C=O) groups is 1. The van der Waals surface area contributed by atoms with E-state index in [4.69, 9.17) is 11.6 Å². The Labute approximate surface area is 225 Å². The molecule has 2 aromatic carbocycles. The normalized spacial score (nSPS) is 13.4.